The first-order valence-corrected chi connectivity index (χ1v) is 6.09. The third kappa shape index (κ3) is 5.55. The molecule has 0 fully saturated rings. The van der Waals surface area contributed by atoms with E-state index in [4.69, 9.17) is 19.9 Å². The zero-order chi connectivity index (χ0) is 13.2. The average molecular weight is 254 g/mol. The molecule has 1 rings (SSSR count). The van der Waals surface area contributed by atoms with E-state index >= 15 is 0 Å². The van der Waals surface area contributed by atoms with E-state index < -0.39 is 0 Å². The fourth-order valence-electron chi connectivity index (χ4n) is 1.57. The molecule has 2 unspecified atom stereocenters. The zero-order valence-corrected chi connectivity index (χ0v) is 11.0. The van der Waals surface area contributed by atoms with Crippen molar-refractivity contribution in [3.63, 3.8) is 0 Å². The van der Waals surface area contributed by atoms with Gasteiger partial charge >= 0.3 is 0 Å². The van der Waals surface area contributed by atoms with Gasteiger partial charge in [-0.05, 0) is 13.0 Å². The van der Waals surface area contributed by atoms with Crippen LogP contribution >= 0.6 is 0 Å². The Bertz CT molecular complexity index is 306. The van der Waals surface area contributed by atoms with E-state index in [-0.39, 0.29) is 12.1 Å². The molecule has 18 heavy (non-hydrogen) atoms. The van der Waals surface area contributed by atoms with Crippen LogP contribution in [0.1, 0.15) is 18.6 Å². The van der Waals surface area contributed by atoms with Crippen molar-refractivity contribution < 1.29 is 14.2 Å². The number of nitrogens with two attached hydrogens (primary N) is 1. The zero-order valence-electron chi connectivity index (χ0n) is 11.0. The Morgan fingerprint density at radius 3 is 2.67 bits per heavy atom. The SMILES string of the molecule is COCCOCCOC(c1cccnc1)C(C)N. The molecule has 0 aliphatic rings. The summed E-state index contributed by atoms with van der Waals surface area (Å²) >= 11 is 0. The lowest BCUT2D eigenvalue weighted by Crippen LogP contribution is -2.28. The third-order valence-electron chi connectivity index (χ3n) is 2.45. The molecule has 1 heterocycles. The summed E-state index contributed by atoms with van der Waals surface area (Å²) in [7, 11) is 1.65. The molecule has 1 aromatic rings. The number of rotatable bonds is 9. The Morgan fingerprint density at radius 1 is 1.28 bits per heavy atom. The predicted molar refractivity (Wildman–Crippen MR) is 69.3 cm³/mol. The molecule has 0 saturated heterocycles. The topological polar surface area (TPSA) is 66.6 Å². The summed E-state index contributed by atoms with van der Waals surface area (Å²) < 4.78 is 16.0. The first kappa shape index (κ1) is 15.0. The summed E-state index contributed by atoms with van der Waals surface area (Å²) in [5.41, 5.74) is 6.91. The number of ether oxygens (including phenoxy) is 3. The molecule has 2 N–H and O–H groups in total. The van der Waals surface area contributed by atoms with E-state index in [2.05, 4.69) is 4.98 Å². The molecule has 102 valence electrons. The van der Waals surface area contributed by atoms with E-state index in [9.17, 15) is 0 Å². The molecule has 5 heteroatoms. The number of methoxy groups -OCH3 is 1. The standard InChI is InChI=1S/C13H22N2O3/c1-11(14)13(12-4-3-5-15-10-12)18-9-8-17-7-6-16-2/h3-5,10-11,13H,6-9,14H2,1-2H3. The van der Waals surface area contributed by atoms with Gasteiger partial charge in [0.2, 0.25) is 0 Å². The van der Waals surface area contributed by atoms with Crippen LogP contribution < -0.4 is 5.73 Å². The number of pyridine rings is 1. The summed E-state index contributed by atoms with van der Waals surface area (Å²) in [5.74, 6) is 0. The summed E-state index contributed by atoms with van der Waals surface area (Å²) in [6, 6.07) is 3.75. The van der Waals surface area contributed by atoms with Crippen LogP contribution in [-0.4, -0.2) is 44.6 Å². The highest BCUT2D eigenvalue weighted by molar-refractivity contribution is 5.13. The van der Waals surface area contributed by atoms with Crippen LogP contribution in [0.5, 0.6) is 0 Å². The van der Waals surface area contributed by atoms with Crippen LogP contribution in [0, 0.1) is 0 Å². The lowest BCUT2D eigenvalue weighted by molar-refractivity contribution is -0.0142. The van der Waals surface area contributed by atoms with Gasteiger partial charge in [0.25, 0.3) is 0 Å². The van der Waals surface area contributed by atoms with Gasteiger partial charge in [-0.1, -0.05) is 6.07 Å². The van der Waals surface area contributed by atoms with Crippen LogP contribution in [0.15, 0.2) is 24.5 Å². The summed E-state index contributed by atoms with van der Waals surface area (Å²) in [6.45, 7) is 4.13. The van der Waals surface area contributed by atoms with Crippen LogP contribution in [0.4, 0.5) is 0 Å². The van der Waals surface area contributed by atoms with Gasteiger partial charge in [0, 0.05) is 31.1 Å². The minimum Gasteiger partial charge on any atom is -0.382 e. The van der Waals surface area contributed by atoms with E-state index in [1.54, 1.807) is 19.5 Å². The van der Waals surface area contributed by atoms with Gasteiger partial charge in [0.15, 0.2) is 0 Å². The largest absolute Gasteiger partial charge is 0.382 e. The molecule has 0 spiro atoms. The minimum atomic E-state index is -0.148. The van der Waals surface area contributed by atoms with Gasteiger partial charge < -0.3 is 19.9 Å². The first-order valence-electron chi connectivity index (χ1n) is 6.09. The average Bonchev–Trinajstić information content (AvgIpc) is 2.38. The van der Waals surface area contributed by atoms with Gasteiger partial charge in [-0.15, -0.1) is 0 Å². The Balaban J connectivity index is 2.31. The Labute approximate surface area is 108 Å². The summed E-state index contributed by atoms with van der Waals surface area (Å²) in [6.07, 6.45) is 3.36. The van der Waals surface area contributed by atoms with Crippen molar-refractivity contribution in [3.8, 4) is 0 Å². The summed E-state index contributed by atoms with van der Waals surface area (Å²) in [4.78, 5) is 4.07. The monoisotopic (exact) mass is 254 g/mol. The van der Waals surface area contributed by atoms with E-state index in [0.29, 0.717) is 26.4 Å². The highest BCUT2D eigenvalue weighted by Crippen LogP contribution is 2.18. The first-order chi connectivity index (χ1) is 8.75. The smallest absolute Gasteiger partial charge is 0.0988 e. The maximum absolute atomic E-state index is 5.92. The number of hydrogen-bond donors (Lipinski definition) is 1. The normalized spacial score (nSPS) is 14.4. The Morgan fingerprint density at radius 2 is 2.06 bits per heavy atom. The van der Waals surface area contributed by atoms with E-state index in [0.717, 1.165) is 5.56 Å². The predicted octanol–water partition coefficient (Wildman–Crippen LogP) is 1.15. The maximum atomic E-state index is 5.92. The lowest BCUT2D eigenvalue weighted by Gasteiger charge is -2.21. The van der Waals surface area contributed by atoms with Gasteiger partial charge in [-0.2, -0.15) is 0 Å². The Kier molecular flexibility index (Phi) is 7.52. The highest BCUT2D eigenvalue weighted by atomic mass is 16.5. The molecule has 0 aliphatic carbocycles. The van der Waals surface area contributed by atoms with Gasteiger partial charge in [-0.3, -0.25) is 4.98 Å². The fourth-order valence-corrected chi connectivity index (χ4v) is 1.57. The number of nitrogens with zero attached hydrogens (tertiary/aromatic N) is 1. The van der Waals surface area contributed by atoms with E-state index in [1.807, 2.05) is 19.1 Å². The molecule has 0 saturated carbocycles. The van der Waals surface area contributed by atoms with Crippen molar-refractivity contribution in [2.24, 2.45) is 5.73 Å². The van der Waals surface area contributed by atoms with Crippen molar-refractivity contribution in [2.75, 3.05) is 33.5 Å². The van der Waals surface area contributed by atoms with Crippen LogP contribution in [0.3, 0.4) is 0 Å². The molecule has 0 aromatic carbocycles. The molecule has 0 aliphatic heterocycles. The molecule has 2 atom stereocenters. The molecular formula is C13H22N2O3. The second kappa shape index (κ2) is 8.99. The second-order valence-electron chi connectivity index (χ2n) is 4.04. The Hall–Kier alpha value is -1.01. The van der Waals surface area contributed by atoms with Crippen molar-refractivity contribution >= 4 is 0 Å². The molecule has 0 bridgehead atoms. The molecule has 0 radical (unpaired) electrons. The number of hydrogen-bond acceptors (Lipinski definition) is 5. The minimum absolute atomic E-state index is 0.0897. The van der Waals surface area contributed by atoms with Crippen molar-refractivity contribution in [3.05, 3.63) is 30.1 Å². The van der Waals surface area contributed by atoms with Gasteiger partial charge in [-0.25, -0.2) is 0 Å². The quantitative estimate of drug-likeness (QED) is 0.670. The van der Waals surface area contributed by atoms with Gasteiger partial charge in [0.05, 0.1) is 32.5 Å². The molecule has 1 aromatic heterocycles. The van der Waals surface area contributed by atoms with Crippen LogP contribution in [0.25, 0.3) is 0 Å². The van der Waals surface area contributed by atoms with Crippen molar-refractivity contribution in [2.45, 2.75) is 19.1 Å². The van der Waals surface area contributed by atoms with Crippen molar-refractivity contribution in [1.82, 2.24) is 4.98 Å². The fraction of sp³-hybridized carbons (Fsp3) is 0.615. The van der Waals surface area contributed by atoms with E-state index in [1.165, 1.54) is 0 Å². The van der Waals surface area contributed by atoms with Crippen molar-refractivity contribution in [1.29, 1.82) is 0 Å². The molecular weight excluding hydrogens is 232 g/mol. The number of aromatic nitrogens is 1. The lowest BCUT2D eigenvalue weighted by atomic mass is 10.1. The summed E-state index contributed by atoms with van der Waals surface area (Å²) in [5, 5.41) is 0. The van der Waals surface area contributed by atoms with Gasteiger partial charge in [0.1, 0.15) is 0 Å². The van der Waals surface area contributed by atoms with Crippen LogP contribution in [-0.2, 0) is 14.2 Å². The molecule has 0 amide bonds. The maximum Gasteiger partial charge on any atom is 0.0988 e. The molecule has 5 nitrogen and oxygen atoms in total. The second-order valence-corrected chi connectivity index (χ2v) is 4.04. The third-order valence-corrected chi connectivity index (χ3v) is 2.45. The van der Waals surface area contributed by atoms with Crippen LogP contribution in [0.2, 0.25) is 0 Å². The highest BCUT2D eigenvalue weighted by Gasteiger charge is 2.16.